The Balaban J connectivity index is 1.73. The van der Waals surface area contributed by atoms with E-state index in [9.17, 15) is 0 Å². The van der Waals surface area contributed by atoms with Crippen molar-refractivity contribution in [1.82, 2.24) is 15.2 Å². The highest BCUT2D eigenvalue weighted by atomic mass is 15.4. The van der Waals surface area contributed by atoms with Gasteiger partial charge in [-0.3, -0.25) is 5.10 Å². The van der Waals surface area contributed by atoms with E-state index in [0.717, 1.165) is 23.9 Å². The van der Waals surface area contributed by atoms with Crippen molar-refractivity contribution in [1.29, 1.82) is 0 Å². The van der Waals surface area contributed by atoms with E-state index in [1.54, 1.807) is 6.20 Å². The van der Waals surface area contributed by atoms with Crippen LogP contribution in [0.5, 0.6) is 0 Å². The molecule has 4 rings (SSSR count). The number of benzene rings is 1. The van der Waals surface area contributed by atoms with Crippen LogP contribution >= 0.6 is 0 Å². The molecule has 0 fully saturated rings. The lowest BCUT2D eigenvalue weighted by Crippen LogP contribution is -2.24. The van der Waals surface area contributed by atoms with E-state index < -0.39 is 0 Å². The van der Waals surface area contributed by atoms with Crippen LogP contribution in [0.15, 0.2) is 48.7 Å². The third-order valence-electron chi connectivity index (χ3n) is 3.69. The third kappa shape index (κ3) is 1.60. The van der Waals surface area contributed by atoms with Crippen molar-refractivity contribution in [3.8, 4) is 11.4 Å². The first-order chi connectivity index (χ1) is 9.83. The highest BCUT2D eigenvalue weighted by Gasteiger charge is 2.24. The zero-order valence-corrected chi connectivity index (χ0v) is 11.2. The van der Waals surface area contributed by atoms with Crippen LogP contribution in [0.25, 0.3) is 11.4 Å². The van der Waals surface area contributed by atoms with Crippen LogP contribution in [0.1, 0.15) is 0 Å². The second kappa shape index (κ2) is 4.16. The molecule has 2 aromatic heterocycles. The molecule has 0 atom stereocenters. The molecule has 0 radical (unpaired) electrons. The van der Waals surface area contributed by atoms with Gasteiger partial charge in [-0.05, 0) is 30.3 Å². The van der Waals surface area contributed by atoms with Crippen molar-refractivity contribution >= 4 is 17.2 Å². The Bertz CT molecular complexity index is 728. The number of anilines is 3. The van der Waals surface area contributed by atoms with Gasteiger partial charge in [0.05, 0.1) is 29.4 Å². The van der Waals surface area contributed by atoms with Crippen molar-refractivity contribution in [2.24, 2.45) is 0 Å². The normalized spacial score (nSPS) is 13.8. The summed E-state index contributed by atoms with van der Waals surface area (Å²) in [5.41, 5.74) is 4.53. The van der Waals surface area contributed by atoms with Crippen LogP contribution in [0.2, 0.25) is 0 Å². The van der Waals surface area contributed by atoms with Crippen LogP contribution in [-0.2, 0) is 0 Å². The molecule has 20 heavy (non-hydrogen) atoms. The first-order valence-corrected chi connectivity index (χ1v) is 6.59. The smallest absolute Gasteiger partial charge is 0.112 e. The third-order valence-corrected chi connectivity index (χ3v) is 3.69. The van der Waals surface area contributed by atoms with E-state index in [0.29, 0.717) is 0 Å². The Morgan fingerprint density at radius 3 is 2.65 bits per heavy atom. The number of H-pyrrole nitrogens is 2. The zero-order chi connectivity index (χ0) is 13.5. The molecule has 5 nitrogen and oxygen atoms in total. The number of fused-ring (bicyclic) bond motifs is 1. The van der Waals surface area contributed by atoms with Gasteiger partial charge in [-0.1, -0.05) is 12.1 Å². The van der Waals surface area contributed by atoms with Crippen molar-refractivity contribution < 1.29 is 0 Å². The average Bonchev–Trinajstić information content (AvgIpc) is 3.17. The van der Waals surface area contributed by atoms with E-state index in [4.69, 9.17) is 0 Å². The maximum absolute atomic E-state index is 3.99. The molecule has 0 aliphatic carbocycles. The molecule has 3 aromatic rings. The number of nitrogens with one attached hydrogen (secondary N) is 2. The minimum absolute atomic E-state index is 0.849. The zero-order valence-electron chi connectivity index (χ0n) is 11.2. The van der Waals surface area contributed by atoms with Crippen LogP contribution in [0.4, 0.5) is 17.2 Å². The first-order valence-electron chi connectivity index (χ1n) is 6.59. The lowest BCUT2D eigenvalue weighted by Gasteiger charge is -2.17. The largest absolute Gasteiger partial charge is 0.355 e. The first kappa shape index (κ1) is 11.2. The predicted octanol–water partition coefficient (Wildman–Crippen LogP) is 2.95. The van der Waals surface area contributed by atoms with E-state index >= 15 is 0 Å². The van der Waals surface area contributed by atoms with Crippen LogP contribution < -0.4 is 9.80 Å². The van der Waals surface area contributed by atoms with Crippen LogP contribution in [0, 0.1) is 0 Å². The summed E-state index contributed by atoms with van der Waals surface area (Å²) in [6, 6.07) is 14.6. The van der Waals surface area contributed by atoms with Gasteiger partial charge >= 0.3 is 0 Å². The number of para-hydroxylation sites is 2. The summed E-state index contributed by atoms with van der Waals surface area (Å²) in [5, 5.41) is 6.96. The van der Waals surface area contributed by atoms with Crippen LogP contribution in [0.3, 0.4) is 0 Å². The van der Waals surface area contributed by atoms with Gasteiger partial charge in [-0.15, -0.1) is 0 Å². The minimum atomic E-state index is 0.849. The summed E-state index contributed by atoms with van der Waals surface area (Å²) in [6.45, 7) is 0.849. The maximum Gasteiger partial charge on any atom is 0.112 e. The van der Waals surface area contributed by atoms with Gasteiger partial charge in [0.15, 0.2) is 0 Å². The molecule has 100 valence electrons. The molecule has 0 amide bonds. The van der Waals surface area contributed by atoms with Gasteiger partial charge in [-0.2, -0.15) is 5.10 Å². The lowest BCUT2D eigenvalue weighted by atomic mass is 10.2. The number of nitrogens with zero attached hydrogens (tertiary/aromatic N) is 3. The minimum Gasteiger partial charge on any atom is -0.355 e. The van der Waals surface area contributed by atoms with E-state index in [1.807, 2.05) is 6.07 Å². The summed E-state index contributed by atoms with van der Waals surface area (Å²) in [5.74, 6) is 1.09. The second-order valence-electron chi connectivity index (χ2n) is 4.98. The predicted molar refractivity (Wildman–Crippen MR) is 80.2 cm³/mol. The molecule has 5 heteroatoms. The van der Waals surface area contributed by atoms with Crippen molar-refractivity contribution in [3.05, 3.63) is 48.7 Å². The molecule has 1 aliphatic rings. The van der Waals surface area contributed by atoms with E-state index in [2.05, 4.69) is 68.4 Å². The number of hydrogen-bond acceptors (Lipinski definition) is 3. The van der Waals surface area contributed by atoms with Crippen molar-refractivity contribution in [3.63, 3.8) is 0 Å². The summed E-state index contributed by atoms with van der Waals surface area (Å²) in [7, 11) is 2.11. The Hall–Kier alpha value is -2.69. The molecule has 1 aromatic carbocycles. The SMILES string of the molecule is CN1CN(c2ccc(-c3ccn[nH]3)[nH]2)c2ccccc21. The standard InChI is InChI=1S/C15H15N5/c1-19-10-20(14-5-3-2-4-13(14)19)15-7-6-11(17-15)12-8-9-16-18-12/h2-9,17H,10H2,1H3,(H,16,18). The molecule has 0 spiro atoms. The number of aromatic amines is 2. The van der Waals surface area contributed by atoms with Gasteiger partial charge in [0.2, 0.25) is 0 Å². The highest BCUT2D eigenvalue weighted by molar-refractivity contribution is 5.81. The quantitative estimate of drug-likeness (QED) is 0.749. The summed E-state index contributed by atoms with van der Waals surface area (Å²) in [4.78, 5) is 7.96. The molecular formula is C15H15N5. The number of rotatable bonds is 2. The van der Waals surface area contributed by atoms with Gasteiger partial charge in [-0.25, -0.2) is 0 Å². The Morgan fingerprint density at radius 1 is 1.00 bits per heavy atom. The number of hydrogen-bond donors (Lipinski definition) is 2. The van der Waals surface area contributed by atoms with E-state index in [-0.39, 0.29) is 0 Å². The van der Waals surface area contributed by atoms with Crippen molar-refractivity contribution in [2.75, 3.05) is 23.5 Å². The molecule has 2 N–H and O–H groups in total. The van der Waals surface area contributed by atoms with Crippen LogP contribution in [-0.4, -0.2) is 28.9 Å². The molecular weight excluding hydrogens is 250 g/mol. The van der Waals surface area contributed by atoms with E-state index in [1.165, 1.54) is 11.4 Å². The summed E-state index contributed by atoms with van der Waals surface area (Å²) < 4.78 is 0. The van der Waals surface area contributed by atoms with Crippen molar-refractivity contribution in [2.45, 2.75) is 0 Å². The summed E-state index contributed by atoms with van der Waals surface area (Å²) >= 11 is 0. The molecule has 0 bridgehead atoms. The highest BCUT2D eigenvalue weighted by Crippen LogP contribution is 2.39. The number of aromatic nitrogens is 3. The Kier molecular flexibility index (Phi) is 2.32. The van der Waals surface area contributed by atoms with Gasteiger partial charge < -0.3 is 14.8 Å². The fourth-order valence-electron chi connectivity index (χ4n) is 2.69. The molecule has 0 saturated carbocycles. The monoisotopic (exact) mass is 265 g/mol. The fraction of sp³-hybridized carbons (Fsp3) is 0.133. The van der Waals surface area contributed by atoms with Gasteiger partial charge in [0, 0.05) is 13.2 Å². The average molecular weight is 265 g/mol. The van der Waals surface area contributed by atoms with Gasteiger partial charge in [0.25, 0.3) is 0 Å². The topological polar surface area (TPSA) is 50.9 Å². The summed E-state index contributed by atoms with van der Waals surface area (Å²) in [6.07, 6.45) is 1.76. The maximum atomic E-state index is 3.99. The molecule has 0 saturated heterocycles. The fourth-order valence-corrected chi connectivity index (χ4v) is 2.69. The molecule has 3 heterocycles. The molecule has 1 aliphatic heterocycles. The molecule has 0 unspecified atom stereocenters. The van der Waals surface area contributed by atoms with Gasteiger partial charge in [0.1, 0.15) is 5.82 Å². The lowest BCUT2D eigenvalue weighted by molar-refractivity contribution is 0.937. The Labute approximate surface area is 116 Å². The second-order valence-corrected chi connectivity index (χ2v) is 4.98. The Morgan fingerprint density at radius 2 is 1.85 bits per heavy atom.